The Hall–Kier alpha value is -2.64. The van der Waals surface area contributed by atoms with E-state index in [0.29, 0.717) is 5.56 Å². The van der Waals surface area contributed by atoms with E-state index in [0.717, 1.165) is 12.1 Å². The Labute approximate surface area is 122 Å². The van der Waals surface area contributed by atoms with Gasteiger partial charge in [-0.3, -0.25) is 9.78 Å². The van der Waals surface area contributed by atoms with Crippen LogP contribution in [0.4, 0.5) is 23.2 Å². The molecule has 0 saturated carbocycles. The summed E-state index contributed by atoms with van der Waals surface area (Å²) in [6.07, 6.45) is -1.71. The first-order valence-corrected chi connectivity index (χ1v) is 6.05. The Morgan fingerprint density at radius 1 is 1.18 bits per heavy atom. The van der Waals surface area contributed by atoms with Gasteiger partial charge in [-0.1, -0.05) is 0 Å². The number of carbonyl (C=O) groups excluding carboxylic acids is 1. The van der Waals surface area contributed by atoms with E-state index in [2.05, 4.69) is 15.0 Å². The predicted molar refractivity (Wildman–Crippen MR) is 70.1 cm³/mol. The molecule has 116 valence electrons. The van der Waals surface area contributed by atoms with Crippen molar-refractivity contribution in [3.8, 4) is 5.75 Å². The first-order valence-electron chi connectivity index (χ1n) is 6.05. The fraction of sp³-hybridized carbons (Fsp3) is 0.143. The van der Waals surface area contributed by atoms with Gasteiger partial charge in [0.1, 0.15) is 0 Å². The summed E-state index contributed by atoms with van der Waals surface area (Å²) in [5, 5.41) is 2.41. The van der Waals surface area contributed by atoms with Crippen molar-refractivity contribution < 1.29 is 27.1 Å². The van der Waals surface area contributed by atoms with Crippen molar-refractivity contribution in [3.63, 3.8) is 0 Å². The monoisotopic (exact) mass is 314 g/mol. The molecule has 1 aromatic carbocycles. The summed E-state index contributed by atoms with van der Waals surface area (Å²) >= 11 is 0. The lowest BCUT2D eigenvalue weighted by Crippen LogP contribution is -2.19. The number of halogens is 4. The highest BCUT2D eigenvalue weighted by atomic mass is 19.4. The van der Waals surface area contributed by atoms with E-state index in [1.807, 2.05) is 0 Å². The molecule has 0 atom stereocenters. The van der Waals surface area contributed by atoms with Gasteiger partial charge in [-0.05, 0) is 24.3 Å². The normalized spacial score (nSPS) is 11.1. The molecule has 2 aromatic rings. The van der Waals surface area contributed by atoms with Gasteiger partial charge < -0.3 is 10.1 Å². The second-order valence-electron chi connectivity index (χ2n) is 4.24. The molecule has 8 heteroatoms. The van der Waals surface area contributed by atoms with Gasteiger partial charge in [0.05, 0.1) is 0 Å². The molecule has 0 spiro atoms. The molecule has 4 nitrogen and oxygen atoms in total. The summed E-state index contributed by atoms with van der Waals surface area (Å²) in [5.74, 6) is -2.04. The van der Waals surface area contributed by atoms with E-state index in [1.165, 1.54) is 30.6 Å². The number of anilines is 1. The number of rotatable bonds is 4. The van der Waals surface area contributed by atoms with Crippen LogP contribution < -0.4 is 10.1 Å². The second-order valence-corrected chi connectivity index (χ2v) is 4.24. The highest BCUT2D eigenvalue weighted by molar-refractivity contribution is 6.04. The third-order valence-corrected chi connectivity index (χ3v) is 2.52. The van der Waals surface area contributed by atoms with Crippen molar-refractivity contribution in [1.29, 1.82) is 0 Å². The third kappa shape index (κ3) is 4.44. The molecule has 1 heterocycles. The number of pyridine rings is 1. The molecule has 2 rings (SSSR count). The summed E-state index contributed by atoms with van der Waals surface area (Å²) in [5.41, 5.74) is 0.409. The number of alkyl halides is 3. The molecule has 0 aliphatic rings. The quantitative estimate of drug-likeness (QED) is 0.880. The Morgan fingerprint density at radius 2 is 1.86 bits per heavy atom. The lowest BCUT2D eigenvalue weighted by molar-refractivity contribution is -0.153. The van der Waals surface area contributed by atoms with Gasteiger partial charge in [0, 0.05) is 29.7 Å². The van der Waals surface area contributed by atoms with Crippen LogP contribution in [-0.2, 0) is 0 Å². The number of carbonyl (C=O) groups is 1. The first kappa shape index (κ1) is 15.7. The minimum atomic E-state index is -4.55. The predicted octanol–water partition coefficient (Wildman–Crippen LogP) is 3.41. The van der Waals surface area contributed by atoms with Gasteiger partial charge in [-0.25, -0.2) is 4.39 Å². The van der Waals surface area contributed by atoms with Crippen LogP contribution in [-0.4, -0.2) is 23.7 Å². The van der Waals surface area contributed by atoms with Crippen molar-refractivity contribution in [2.45, 2.75) is 6.18 Å². The van der Waals surface area contributed by atoms with Crippen molar-refractivity contribution in [2.24, 2.45) is 0 Å². The van der Waals surface area contributed by atoms with Gasteiger partial charge in [-0.15, -0.1) is 0 Å². The molecule has 0 unspecified atom stereocenters. The Morgan fingerprint density at radius 3 is 2.45 bits per heavy atom. The number of ether oxygens (including phenoxy) is 1. The Kier molecular flexibility index (Phi) is 4.59. The van der Waals surface area contributed by atoms with E-state index in [9.17, 15) is 22.4 Å². The van der Waals surface area contributed by atoms with E-state index in [1.54, 1.807) is 0 Å². The van der Waals surface area contributed by atoms with Gasteiger partial charge in [0.25, 0.3) is 5.91 Å². The van der Waals surface area contributed by atoms with Crippen LogP contribution in [0.1, 0.15) is 10.4 Å². The standard InChI is InChI=1S/C14H10F4N2O2/c15-11-7-10(1-2-12(11)22-8-14(16,17)18)20-13(21)9-3-5-19-6-4-9/h1-7H,8H2,(H,20,21). The summed E-state index contributed by atoms with van der Waals surface area (Å²) in [6, 6.07) is 6.07. The van der Waals surface area contributed by atoms with Crippen LogP contribution in [0.2, 0.25) is 0 Å². The summed E-state index contributed by atoms with van der Waals surface area (Å²) in [7, 11) is 0. The number of nitrogens with one attached hydrogen (secondary N) is 1. The fourth-order valence-corrected chi connectivity index (χ4v) is 1.56. The zero-order chi connectivity index (χ0) is 16.2. The van der Waals surface area contributed by atoms with E-state index >= 15 is 0 Å². The highest BCUT2D eigenvalue weighted by Crippen LogP contribution is 2.24. The van der Waals surface area contributed by atoms with E-state index in [-0.39, 0.29) is 5.69 Å². The van der Waals surface area contributed by atoms with Crippen LogP contribution in [0.5, 0.6) is 5.75 Å². The van der Waals surface area contributed by atoms with E-state index in [4.69, 9.17) is 0 Å². The maximum atomic E-state index is 13.6. The van der Waals surface area contributed by atoms with Crippen LogP contribution in [0.3, 0.4) is 0 Å². The van der Waals surface area contributed by atoms with Crippen LogP contribution in [0, 0.1) is 5.82 Å². The lowest BCUT2D eigenvalue weighted by Gasteiger charge is -2.11. The zero-order valence-corrected chi connectivity index (χ0v) is 11.0. The highest BCUT2D eigenvalue weighted by Gasteiger charge is 2.28. The van der Waals surface area contributed by atoms with Crippen molar-refractivity contribution in [3.05, 3.63) is 54.1 Å². The first-order chi connectivity index (χ1) is 10.3. The number of aromatic nitrogens is 1. The van der Waals surface area contributed by atoms with E-state index < -0.39 is 30.3 Å². The molecule has 1 aromatic heterocycles. The van der Waals surface area contributed by atoms with Gasteiger partial charge in [0.15, 0.2) is 18.2 Å². The summed E-state index contributed by atoms with van der Waals surface area (Å²) in [6.45, 7) is -1.59. The maximum absolute atomic E-state index is 13.6. The average molecular weight is 314 g/mol. The minimum absolute atomic E-state index is 0.0960. The molecular weight excluding hydrogens is 304 g/mol. The zero-order valence-electron chi connectivity index (χ0n) is 11.0. The Bertz CT molecular complexity index is 660. The molecule has 0 aliphatic heterocycles. The molecule has 0 bridgehead atoms. The molecule has 0 aliphatic carbocycles. The third-order valence-electron chi connectivity index (χ3n) is 2.52. The number of nitrogens with zero attached hydrogens (tertiary/aromatic N) is 1. The van der Waals surface area contributed by atoms with Crippen molar-refractivity contribution in [2.75, 3.05) is 11.9 Å². The van der Waals surface area contributed by atoms with Crippen LogP contribution in [0.15, 0.2) is 42.7 Å². The molecule has 0 saturated heterocycles. The fourth-order valence-electron chi connectivity index (χ4n) is 1.56. The van der Waals surface area contributed by atoms with Crippen LogP contribution >= 0.6 is 0 Å². The SMILES string of the molecule is O=C(Nc1ccc(OCC(F)(F)F)c(F)c1)c1ccncc1. The van der Waals surface area contributed by atoms with Crippen LogP contribution in [0.25, 0.3) is 0 Å². The van der Waals surface area contributed by atoms with Gasteiger partial charge in [0.2, 0.25) is 0 Å². The molecule has 0 radical (unpaired) electrons. The smallest absolute Gasteiger partial charge is 0.422 e. The minimum Gasteiger partial charge on any atom is -0.481 e. The average Bonchev–Trinajstić information content (AvgIpc) is 2.46. The Balaban J connectivity index is 2.05. The van der Waals surface area contributed by atoms with Crippen molar-refractivity contribution >= 4 is 11.6 Å². The van der Waals surface area contributed by atoms with Crippen molar-refractivity contribution in [1.82, 2.24) is 4.98 Å². The molecular formula is C14H10F4N2O2. The topological polar surface area (TPSA) is 51.2 Å². The number of hydrogen-bond donors (Lipinski definition) is 1. The molecule has 22 heavy (non-hydrogen) atoms. The maximum Gasteiger partial charge on any atom is 0.422 e. The molecule has 1 N–H and O–H groups in total. The number of amides is 1. The lowest BCUT2D eigenvalue weighted by atomic mass is 10.2. The summed E-state index contributed by atoms with van der Waals surface area (Å²) in [4.78, 5) is 15.6. The van der Waals surface area contributed by atoms with Gasteiger partial charge >= 0.3 is 6.18 Å². The molecule has 0 fully saturated rings. The number of benzene rings is 1. The summed E-state index contributed by atoms with van der Waals surface area (Å²) < 4.78 is 54.0. The van der Waals surface area contributed by atoms with Gasteiger partial charge in [-0.2, -0.15) is 13.2 Å². The largest absolute Gasteiger partial charge is 0.481 e. The second kappa shape index (κ2) is 6.42. The number of hydrogen-bond acceptors (Lipinski definition) is 3. The molecule has 1 amide bonds.